The molecule has 0 unspecified atom stereocenters. The van der Waals surface area contributed by atoms with Crippen molar-refractivity contribution in [1.29, 1.82) is 0 Å². The molecule has 6 nitrogen and oxygen atoms in total. The lowest BCUT2D eigenvalue weighted by molar-refractivity contribution is 0.102. The summed E-state index contributed by atoms with van der Waals surface area (Å²) in [5, 5.41) is 6.03. The van der Waals surface area contributed by atoms with Gasteiger partial charge in [-0.2, -0.15) is 0 Å². The minimum absolute atomic E-state index is 0.255. The number of nitrogens with one attached hydrogen (secondary N) is 2. The van der Waals surface area contributed by atoms with E-state index in [2.05, 4.69) is 20.6 Å². The molecule has 2 N–H and O–H groups in total. The minimum atomic E-state index is -0.343. The normalized spacial score (nSPS) is 10.4. The molecule has 1 aromatic heterocycles. The van der Waals surface area contributed by atoms with Crippen LogP contribution in [0.2, 0.25) is 0 Å². The second-order valence-corrected chi connectivity index (χ2v) is 6.37. The zero-order valence-corrected chi connectivity index (χ0v) is 16.4. The van der Waals surface area contributed by atoms with Crippen molar-refractivity contribution in [3.63, 3.8) is 0 Å². The van der Waals surface area contributed by atoms with Crippen LogP contribution in [0.15, 0.2) is 54.6 Å². The van der Waals surface area contributed by atoms with E-state index in [1.54, 1.807) is 37.3 Å². The van der Waals surface area contributed by atoms with Crippen molar-refractivity contribution in [3.05, 3.63) is 77.5 Å². The number of ether oxygens (including phenoxy) is 1. The van der Waals surface area contributed by atoms with Gasteiger partial charge < -0.3 is 15.4 Å². The molecule has 0 aliphatic carbocycles. The van der Waals surface area contributed by atoms with E-state index in [1.165, 1.54) is 12.1 Å². The molecular weight excluding hydrogens is 371 g/mol. The largest absolute Gasteiger partial charge is 0.492 e. The summed E-state index contributed by atoms with van der Waals surface area (Å²) in [6.45, 7) is 4.71. The van der Waals surface area contributed by atoms with E-state index < -0.39 is 0 Å². The summed E-state index contributed by atoms with van der Waals surface area (Å²) in [5.41, 5.74) is 1.85. The number of aryl methyl sites for hydroxylation is 1. The quantitative estimate of drug-likeness (QED) is 0.598. The molecule has 0 saturated carbocycles. The predicted molar refractivity (Wildman–Crippen MR) is 111 cm³/mol. The zero-order chi connectivity index (χ0) is 20.6. The van der Waals surface area contributed by atoms with Gasteiger partial charge >= 0.3 is 0 Å². The third-order valence-electron chi connectivity index (χ3n) is 4.14. The van der Waals surface area contributed by atoms with Crippen LogP contribution in [0.25, 0.3) is 0 Å². The summed E-state index contributed by atoms with van der Waals surface area (Å²) >= 11 is 0. The number of nitrogens with zero attached hydrogens (tertiary/aromatic N) is 2. The molecular formula is C22H23FN4O2. The lowest BCUT2D eigenvalue weighted by Gasteiger charge is -2.12. The van der Waals surface area contributed by atoms with Crippen LogP contribution in [-0.2, 0) is 6.42 Å². The minimum Gasteiger partial charge on any atom is -0.492 e. The van der Waals surface area contributed by atoms with Crippen LogP contribution in [0.4, 0.5) is 15.9 Å². The third-order valence-corrected chi connectivity index (χ3v) is 4.14. The van der Waals surface area contributed by atoms with Crippen molar-refractivity contribution in [3.8, 4) is 5.75 Å². The average Bonchev–Trinajstić information content (AvgIpc) is 2.71. The molecule has 2 aromatic carbocycles. The van der Waals surface area contributed by atoms with E-state index >= 15 is 0 Å². The van der Waals surface area contributed by atoms with Crippen LogP contribution in [0, 0.1) is 12.7 Å². The van der Waals surface area contributed by atoms with Gasteiger partial charge in [-0.15, -0.1) is 0 Å². The van der Waals surface area contributed by atoms with E-state index in [0.717, 1.165) is 5.56 Å². The van der Waals surface area contributed by atoms with E-state index in [4.69, 9.17) is 4.74 Å². The Labute approximate surface area is 169 Å². The van der Waals surface area contributed by atoms with Gasteiger partial charge in [0.1, 0.15) is 28.9 Å². The molecule has 0 aliphatic rings. The average molecular weight is 394 g/mol. The number of hydrogen-bond donors (Lipinski definition) is 2. The number of carbonyl (C=O) groups excluding carboxylic acids is 1. The lowest BCUT2D eigenvalue weighted by Crippen LogP contribution is -2.17. The first kappa shape index (κ1) is 20.3. The van der Waals surface area contributed by atoms with Crippen LogP contribution in [0.3, 0.4) is 0 Å². The fourth-order valence-corrected chi connectivity index (χ4v) is 2.80. The maximum atomic E-state index is 13.0. The van der Waals surface area contributed by atoms with Crippen molar-refractivity contribution in [2.75, 3.05) is 23.8 Å². The standard InChI is InChI=1S/C22H23FN4O2/c1-3-29-20-7-5-4-6-18(20)27-22(28)19-14-21(26-15(2)25-19)24-13-12-16-8-10-17(23)11-9-16/h4-11,14H,3,12-13H2,1-2H3,(H,27,28)(H,24,25,26). The first-order chi connectivity index (χ1) is 14.0. The summed E-state index contributed by atoms with van der Waals surface area (Å²) in [7, 11) is 0. The Bertz CT molecular complexity index is 977. The maximum Gasteiger partial charge on any atom is 0.274 e. The number of rotatable bonds is 8. The number of anilines is 2. The maximum absolute atomic E-state index is 13.0. The molecule has 3 rings (SSSR count). The molecule has 0 atom stereocenters. The van der Waals surface area contributed by atoms with E-state index in [0.29, 0.717) is 42.7 Å². The smallest absolute Gasteiger partial charge is 0.274 e. The van der Waals surface area contributed by atoms with Gasteiger partial charge in [-0.25, -0.2) is 14.4 Å². The van der Waals surface area contributed by atoms with Gasteiger partial charge in [0.15, 0.2) is 0 Å². The second-order valence-electron chi connectivity index (χ2n) is 6.37. The Morgan fingerprint density at radius 3 is 2.62 bits per heavy atom. The molecule has 1 amide bonds. The monoisotopic (exact) mass is 394 g/mol. The van der Waals surface area contributed by atoms with Crippen LogP contribution >= 0.6 is 0 Å². The highest BCUT2D eigenvalue weighted by atomic mass is 19.1. The van der Waals surface area contributed by atoms with Gasteiger partial charge in [-0.05, 0) is 50.1 Å². The molecule has 0 fully saturated rings. The number of hydrogen-bond acceptors (Lipinski definition) is 5. The van der Waals surface area contributed by atoms with Gasteiger partial charge in [0.2, 0.25) is 0 Å². The van der Waals surface area contributed by atoms with Gasteiger partial charge in [-0.1, -0.05) is 24.3 Å². The SMILES string of the molecule is CCOc1ccccc1NC(=O)c1cc(NCCc2ccc(F)cc2)nc(C)n1. The highest BCUT2D eigenvalue weighted by molar-refractivity contribution is 6.04. The van der Waals surface area contributed by atoms with Crippen molar-refractivity contribution in [2.24, 2.45) is 0 Å². The molecule has 1 heterocycles. The van der Waals surface area contributed by atoms with Gasteiger partial charge in [-0.3, -0.25) is 4.79 Å². The molecule has 3 aromatic rings. The van der Waals surface area contributed by atoms with Crippen molar-refractivity contribution in [1.82, 2.24) is 9.97 Å². The molecule has 0 radical (unpaired) electrons. The molecule has 0 spiro atoms. The fourth-order valence-electron chi connectivity index (χ4n) is 2.80. The molecule has 29 heavy (non-hydrogen) atoms. The Hall–Kier alpha value is -3.48. The second kappa shape index (κ2) is 9.64. The summed E-state index contributed by atoms with van der Waals surface area (Å²) in [5.74, 6) is 1.05. The predicted octanol–water partition coefficient (Wildman–Crippen LogP) is 4.23. The number of carbonyl (C=O) groups is 1. The summed E-state index contributed by atoms with van der Waals surface area (Å²) in [6, 6.07) is 15.2. The number of benzene rings is 2. The summed E-state index contributed by atoms with van der Waals surface area (Å²) in [6.07, 6.45) is 0.701. The number of aromatic nitrogens is 2. The number of para-hydroxylation sites is 2. The van der Waals surface area contributed by atoms with Crippen LogP contribution < -0.4 is 15.4 Å². The highest BCUT2D eigenvalue weighted by Gasteiger charge is 2.13. The van der Waals surface area contributed by atoms with Gasteiger partial charge in [0, 0.05) is 12.6 Å². The van der Waals surface area contributed by atoms with Crippen molar-refractivity contribution >= 4 is 17.4 Å². The molecule has 7 heteroatoms. The molecule has 0 saturated heterocycles. The van der Waals surface area contributed by atoms with Crippen LogP contribution in [-0.4, -0.2) is 29.0 Å². The van der Waals surface area contributed by atoms with Gasteiger partial charge in [0.05, 0.1) is 12.3 Å². The topological polar surface area (TPSA) is 76.1 Å². The third kappa shape index (κ3) is 5.75. The number of halogens is 1. The van der Waals surface area contributed by atoms with Crippen molar-refractivity contribution in [2.45, 2.75) is 20.3 Å². The van der Waals surface area contributed by atoms with Gasteiger partial charge in [0.25, 0.3) is 5.91 Å². The first-order valence-corrected chi connectivity index (χ1v) is 9.42. The molecule has 0 bridgehead atoms. The Balaban J connectivity index is 1.66. The van der Waals surface area contributed by atoms with Crippen molar-refractivity contribution < 1.29 is 13.9 Å². The van der Waals surface area contributed by atoms with E-state index in [1.807, 2.05) is 19.1 Å². The van der Waals surface area contributed by atoms with E-state index in [-0.39, 0.29) is 17.4 Å². The molecule has 150 valence electrons. The highest BCUT2D eigenvalue weighted by Crippen LogP contribution is 2.24. The van der Waals surface area contributed by atoms with Crippen LogP contribution in [0.1, 0.15) is 28.8 Å². The summed E-state index contributed by atoms with van der Waals surface area (Å²) < 4.78 is 18.5. The Morgan fingerprint density at radius 1 is 1.10 bits per heavy atom. The Morgan fingerprint density at radius 2 is 1.86 bits per heavy atom. The first-order valence-electron chi connectivity index (χ1n) is 9.42. The summed E-state index contributed by atoms with van der Waals surface area (Å²) in [4.78, 5) is 21.2. The lowest BCUT2D eigenvalue weighted by atomic mass is 10.1. The molecule has 0 aliphatic heterocycles. The number of amides is 1. The Kier molecular flexibility index (Phi) is 6.73. The fraction of sp³-hybridized carbons (Fsp3) is 0.227. The van der Waals surface area contributed by atoms with Crippen LogP contribution in [0.5, 0.6) is 5.75 Å². The van der Waals surface area contributed by atoms with E-state index in [9.17, 15) is 9.18 Å². The zero-order valence-electron chi connectivity index (χ0n) is 16.4.